The molecule has 0 saturated heterocycles. The average Bonchev–Trinajstić information content (AvgIpc) is 2.47. The molecule has 2 aromatic rings. The minimum absolute atomic E-state index is 0.490. The summed E-state index contributed by atoms with van der Waals surface area (Å²) in [5.74, 6) is 0.774. The summed E-state index contributed by atoms with van der Waals surface area (Å²) in [6.45, 7) is 0.987. The molecule has 0 radical (unpaired) electrons. The van der Waals surface area contributed by atoms with E-state index in [9.17, 15) is 0 Å². The maximum absolute atomic E-state index is 9.09. The summed E-state index contributed by atoms with van der Waals surface area (Å²) in [5, 5.41) is 12.3. The molecule has 0 amide bonds. The van der Waals surface area contributed by atoms with E-state index in [1.807, 2.05) is 36.4 Å². The van der Waals surface area contributed by atoms with Gasteiger partial charge in [-0.05, 0) is 42.5 Å². The second-order valence-corrected chi connectivity index (χ2v) is 5.00. The zero-order chi connectivity index (χ0) is 14.4. The summed E-state index contributed by atoms with van der Waals surface area (Å²) in [6, 6.07) is 15.2. The minimum atomic E-state index is 0.490. The molecule has 20 heavy (non-hydrogen) atoms. The standard InChI is InChI=1S/C15H14BrN3O/c16-12-2-1-11(10-18)15(9-12)19-13-3-5-14(6-4-13)20-8-7-17/h1-6,9,19H,7-8,17H2. The highest BCUT2D eigenvalue weighted by Crippen LogP contribution is 2.25. The van der Waals surface area contributed by atoms with Crippen LogP contribution in [0.4, 0.5) is 11.4 Å². The number of nitriles is 1. The van der Waals surface area contributed by atoms with E-state index in [1.165, 1.54) is 0 Å². The Bertz CT molecular complexity index is 620. The van der Waals surface area contributed by atoms with Gasteiger partial charge >= 0.3 is 0 Å². The molecule has 102 valence electrons. The summed E-state index contributed by atoms with van der Waals surface area (Å²) in [4.78, 5) is 0. The van der Waals surface area contributed by atoms with Gasteiger partial charge in [-0.15, -0.1) is 0 Å². The topological polar surface area (TPSA) is 71.1 Å². The van der Waals surface area contributed by atoms with Crippen LogP contribution >= 0.6 is 15.9 Å². The molecule has 4 nitrogen and oxygen atoms in total. The Morgan fingerprint density at radius 2 is 1.95 bits per heavy atom. The first-order valence-electron chi connectivity index (χ1n) is 6.12. The van der Waals surface area contributed by atoms with Crippen LogP contribution in [0.5, 0.6) is 5.75 Å². The number of hydrogen-bond donors (Lipinski definition) is 2. The van der Waals surface area contributed by atoms with Gasteiger partial charge in [-0.25, -0.2) is 0 Å². The molecule has 0 spiro atoms. The highest BCUT2D eigenvalue weighted by molar-refractivity contribution is 9.10. The van der Waals surface area contributed by atoms with Gasteiger partial charge in [0.05, 0.1) is 11.3 Å². The van der Waals surface area contributed by atoms with Crippen LogP contribution in [0.15, 0.2) is 46.9 Å². The molecule has 0 atom stereocenters. The maximum atomic E-state index is 9.09. The molecule has 0 aliphatic heterocycles. The second kappa shape index (κ2) is 6.94. The molecular weight excluding hydrogens is 318 g/mol. The molecule has 0 bridgehead atoms. The number of hydrogen-bond acceptors (Lipinski definition) is 4. The lowest BCUT2D eigenvalue weighted by Crippen LogP contribution is -2.10. The molecular formula is C15H14BrN3O. The van der Waals surface area contributed by atoms with E-state index < -0.39 is 0 Å². The fourth-order valence-electron chi connectivity index (χ4n) is 1.68. The number of nitrogens with two attached hydrogens (primary N) is 1. The summed E-state index contributed by atoms with van der Waals surface area (Å²) in [6.07, 6.45) is 0. The molecule has 5 heteroatoms. The minimum Gasteiger partial charge on any atom is -0.492 e. The Kier molecular flexibility index (Phi) is 4.99. The quantitative estimate of drug-likeness (QED) is 0.880. The maximum Gasteiger partial charge on any atom is 0.119 e. The number of halogens is 1. The van der Waals surface area contributed by atoms with Crippen molar-refractivity contribution in [3.8, 4) is 11.8 Å². The molecule has 0 unspecified atom stereocenters. The van der Waals surface area contributed by atoms with Crippen molar-refractivity contribution >= 4 is 27.3 Å². The molecule has 0 fully saturated rings. The van der Waals surface area contributed by atoms with E-state index in [2.05, 4.69) is 27.3 Å². The number of nitrogens with zero attached hydrogens (tertiary/aromatic N) is 1. The zero-order valence-corrected chi connectivity index (χ0v) is 12.4. The average molecular weight is 332 g/mol. The van der Waals surface area contributed by atoms with Crippen LogP contribution in [0.3, 0.4) is 0 Å². The predicted octanol–water partition coefficient (Wildman–Crippen LogP) is 3.40. The van der Waals surface area contributed by atoms with Gasteiger partial charge in [0.15, 0.2) is 0 Å². The Hall–Kier alpha value is -2.03. The number of anilines is 2. The molecule has 0 saturated carbocycles. The van der Waals surface area contributed by atoms with Crippen LogP contribution < -0.4 is 15.8 Å². The van der Waals surface area contributed by atoms with Crippen LogP contribution in [0.2, 0.25) is 0 Å². The van der Waals surface area contributed by atoms with Gasteiger partial charge in [0.2, 0.25) is 0 Å². The number of rotatable bonds is 5. The Morgan fingerprint density at radius 3 is 2.60 bits per heavy atom. The third kappa shape index (κ3) is 3.73. The third-order valence-corrected chi connectivity index (χ3v) is 3.12. The van der Waals surface area contributed by atoms with E-state index in [1.54, 1.807) is 6.07 Å². The SMILES string of the molecule is N#Cc1ccc(Br)cc1Nc1ccc(OCCN)cc1. The van der Waals surface area contributed by atoms with Crippen molar-refractivity contribution in [1.29, 1.82) is 5.26 Å². The fourth-order valence-corrected chi connectivity index (χ4v) is 2.05. The van der Waals surface area contributed by atoms with Gasteiger partial charge in [-0.1, -0.05) is 15.9 Å². The van der Waals surface area contributed by atoms with Gasteiger partial charge in [0, 0.05) is 16.7 Å². The van der Waals surface area contributed by atoms with Crippen molar-refractivity contribution in [2.75, 3.05) is 18.5 Å². The van der Waals surface area contributed by atoms with Crippen molar-refractivity contribution < 1.29 is 4.74 Å². The number of benzene rings is 2. The smallest absolute Gasteiger partial charge is 0.119 e. The Morgan fingerprint density at radius 1 is 1.20 bits per heavy atom. The molecule has 2 aromatic carbocycles. The van der Waals surface area contributed by atoms with Crippen LogP contribution in [-0.4, -0.2) is 13.2 Å². The summed E-state index contributed by atoms with van der Waals surface area (Å²) in [7, 11) is 0. The summed E-state index contributed by atoms with van der Waals surface area (Å²) in [5.41, 5.74) is 7.63. The van der Waals surface area contributed by atoms with Gasteiger partial charge in [-0.3, -0.25) is 0 Å². The first kappa shape index (κ1) is 14.4. The van der Waals surface area contributed by atoms with Crippen molar-refractivity contribution in [2.24, 2.45) is 5.73 Å². The molecule has 0 aliphatic carbocycles. The predicted molar refractivity (Wildman–Crippen MR) is 83.1 cm³/mol. The second-order valence-electron chi connectivity index (χ2n) is 4.09. The Labute approximate surface area is 126 Å². The van der Waals surface area contributed by atoms with E-state index in [0.717, 1.165) is 21.6 Å². The van der Waals surface area contributed by atoms with Crippen LogP contribution in [0.1, 0.15) is 5.56 Å². The largest absolute Gasteiger partial charge is 0.492 e. The van der Waals surface area contributed by atoms with E-state index in [0.29, 0.717) is 18.7 Å². The molecule has 2 rings (SSSR count). The molecule has 0 aromatic heterocycles. The lowest BCUT2D eigenvalue weighted by molar-refractivity contribution is 0.328. The van der Waals surface area contributed by atoms with Crippen molar-refractivity contribution in [3.05, 3.63) is 52.5 Å². The zero-order valence-electron chi connectivity index (χ0n) is 10.8. The number of ether oxygens (including phenoxy) is 1. The van der Waals surface area contributed by atoms with Gasteiger partial charge < -0.3 is 15.8 Å². The van der Waals surface area contributed by atoms with Crippen molar-refractivity contribution in [1.82, 2.24) is 0 Å². The normalized spacial score (nSPS) is 9.85. The van der Waals surface area contributed by atoms with Gasteiger partial charge in [0.25, 0.3) is 0 Å². The monoisotopic (exact) mass is 331 g/mol. The van der Waals surface area contributed by atoms with Crippen LogP contribution in [0.25, 0.3) is 0 Å². The van der Waals surface area contributed by atoms with Crippen LogP contribution in [-0.2, 0) is 0 Å². The summed E-state index contributed by atoms with van der Waals surface area (Å²) >= 11 is 3.40. The van der Waals surface area contributed by atoms with Crippen molar-refractivity contribution in [3.63, 3.8) is 0 Å². The van der Waals surface area contributed by atoms with Gasteiger partial charge in [0.1, 0.15) is 18.4 Å². The first-order chi connectivity index (χ1) is 9.72. The first-order valence-corrected chi connectivity index (χ1v) is 6.92. The van der Waals surface area contributed by atoms with Gasteiger partial charge in [-0.2, -0.15) is 5.26 Å². The van der Waals surface area contributed by atoms with Crippen molar-refractivity contribution in [2.45, 2.75) is 0 Å². The van der Waals surface area contributed by atoms with E-state index in [-0.39, 0.29) is 0 Å². The molecule has 0 heterocycles. The van der Waals surface area contributed by atoms with E-state index >= 15 is 0 Å². The highest BCUT2D eigenvalue weighted by Gasteiger charge is 2.03. The molecule has 0 aliphatic rings. The Balaban J connectivity index is 2.14. The van der Waals surface area contributed by atoms with Crippen LogP contribution in [0, 0.1) is 11.3 Å². The lowest BCUT2D eigenvalue weighted by Gasteiger charge is -2.10. The third-order valence-electron chi connectivity index (χ3n) is 2.62. The fraction of sp³-hybridized carbons (Fsp3) is 0.133. The number of nitrogens with one attached hydrogen (secondary N) is 1. The summed E-state index contributed by atoms with van der Waals surface area (Å²) < 4.78 is 6.33. The van der Waals surface area contributed by atoms with E-state index in [4.69, 9.17) is 15.7 Å². The lowest BCUT2D eigenvalue weighted by atomic mass is 10.2. The molecule has 3 N–H and O–H groups in total. The highest BCUT2D eigenvalue weighted by atomic mass is 79.9.